The van der Waals surface area contributed by atoms with Gasteiger partial charge in [-0.3, -0.25) is 9.59 Å². The lowest BCUT2D eigenvalue weighted by Gasteiger charge is -2.44. The van der Waals surface area contributed by atoms with E-state index >= 15 is 0 Å². The zero-order valence-electron chi connectivity index (χ0n) is 19.4. The molecule has 1 aromatic carbocycles. The first kappa shape index (κ1) is 23.3. The number of benzene rings is 1. The van der Waals surface area contributed by atoms with Gasteiger partial charge in [0, 0.05) is 38.4 Å². The van der Waals surface area contributed by atoms with E-state index in [0.29, 0.717) is 58.8 Å². The van der Waals surface area contributed by atoms with Gasteiger partial charge in [-0.25, -0.2) is 4.98 Å². The van der Waals surface area contributed by atoms with Gasteiger partial charge in [0.05, 0.1) is 26.0 Å². The van der Waals surface area contributed by atoms with E-state index in [2.05, 4.69) is 11.1 Å². The first-order valence-corrected chi connectivity index (χ1v) is 12.0. The third-order valence-corrected chi connectivity index (χ3v) is 6.61. The normalized spacial score (nSPS) is 22.3. The molecule has 8 nitrogen and oxygen atoms in total. The highest BCUT2D eigenvalue weighted by molar-refractivity contribution is 5.87. The molecule has 0 aliphatic carbocycles. The highest BCUT2D eigenvalue weighted by Crippen LogP contribution is 2.29. The van der Waals surface area contributed by atoms with Crippen LogP contribution in [-0.2, 0) is 27.3 Å². The molecule has 2 aliphatic heterocycles. The van der Waals surface area contributed by atoms with Crippen LogP contribution >= 0.6 is 0 Å². The van der Waals surface area contributed by atoms with Crippen LogP contribution in [0.3, 0.4) is 0 Å². The summed E-state index contributed by atoms with van der Waals surface area (Å²) < 4.78 is 14.1. The van der Waals surface area contributed by atoms with E-state index in [1.165, 1.54) is 5.56 Å². The van der Waals surface area contributed by atoms with E-state index in [1.54, 1.807) is 12.5 Å². The van der Waals surface area contributed by atoms with E-state index in [-0.39, 0.29) is 11.8 Å². The molecule has 0 N–H and O–H groups in total. The van der Waals surface area contributed by atoms with E-state index < -0.39 is 5.60 Å². The molecule has 0 bridgehead atoms. The van der Waals surface area contributed by atoms with Crippen molar-refractivity contribution >= 4 is 11.8 Å². The summed E-state index contributed by atoms with van der Waals surface area (Å²) in [5.74, 6) is 0.917. The van der Waals surface area contributed by atoms with Crippen LogP contribution in [0.1, 0.15) is 38.2 Å². The number of carbonyl (C=O) groups is 2. The van der Waals surface area contributed by atoms with Crippen molar-refractivity contribution in [1.82, 2.24) is 19.4 Å². The van der Waals surface area contributed by atoms with Crippen molar-refractivity contribution in [2.75, 3.05) is 39.4 Å². The number of imidazole rings is 1. The molecular formula is C25H34N4O4. The largest absolute Gasteiger partial charge is 0.491 e. The SMILES string of the molecule is CCN1CCOc2ccccc2CCCCC2(CN(C(=O)CCn3ccnc3)CCO2)C1=O. The Bertz CT molecular complexity index is 932. The molecule has 1 fully saturated rings. The lowest BCUT2D eigenvalue weighted by atomic mass is 9.91. The van der Waals surface area contributed by atoms with Crippen molar-refractivity contribution in [3.05, 3.63) is 48.5 Å². The topological polar surface area (TPSA) is 76.9 Å². The molecule has 0 radical (unpaired) electrons. The summed E-state index contributed by atoms with van der Waals surface area (Å²) in [6.07, 6.45) is 8.92. The maximum Gasteiger partial charge on any atom is 0.256 e. The number of morpholine rings is 1. The summed E-state index contributed by atoms with van der Waals surface area (Å²) in [6, 6.07) is 8.13. The van der Waals surface area contributed by atoms with Crippen LogP contribution in [0.15, 0.2) is 43.0 Å². The number of fused-ring (bicyclic) bond motifs is 1. The Morgan fingerprint density at radius 3 is 2.88 bits per heavy atom. The molecule has 1 unspecified atom stereocenters. The zero-order chi connectivity index (χ0) is 23.1. The minimum atomic E-state index is -0.988. The summed E-state index contributed by atoms with van der Waals surface area (Å²) in [5, 5.41) is 0. The summed E-state index contributed by atoms with van der Waals surface area (Å²) in [7, 11) is 0. The van der Waals surface area contributed by atoms with Crippen LogP contribution in [-0.4, -0.2) is 76.2 Å². The maximum atomic E-state index is 13.7. The molecule has 2 aromatic rings. The average Bonchev–Trinajstić information content (AvgIpc) is 3.37. The lowest BCUT2D eigenvalue weighted by Crippen LogP contribution is -2.62. The van der Waals surface area contributed by atoms with Crippen molar-refractivity contribution < 1.29 is 19.1 Å². The molecular weight excluding hydrogens is 420 g/mol. The van der Waals surface area contributed by atoms with Gasteiger partial charge in [-0.1, -0.05) is 18.2 Å². The number of carbonyl (C=O) groups excluding carboxylic acids is 2. The van der Waals surface area contributed by atoms with Crippen LogP contribution < -0.4 is 4.74 Å². The zero-order valence-corrected chi connectivity index (χ0v) is 19.4. The fourth-order valence-corrected chi connectivity index (χ4v) is 4.72. The summed E-state index contributed by atoms with van der Waals surface area (Å²) >= 11 is 0. The number of ether oxygens (including phenoxy) is 2. The Hall–Kier alpha value is -2.87. The van der Waals surface area contributed by atoms with Gasteiger partial charge < -0.3 is 23.8 Å². The number of aryl methyl sites for hydroxylation is 2. The number of para-hydroxylation sites is 1. The molecule has 1 atom stereocenters. The highest BCUT2D eigenvalue weighted by atomic mass is 16.5. The molecule has 178 valence electrons. The lowest BCUT2D eigenvalue weighted by molar-refractivity contribution is -0.176. The number of likely N-dealkylation sites (N-methyl/N-ethyl adjacent to an activating group) is 1. The van der Waals surface area contributed by atoms with Crippen molar-refractivity contribution in [1.29, 1.82) is 0 Å². The molecule has 1 aromatic heterocycles. The first-order valence-electron chi connectivity index (χ1n) is 12.0. The molecule has 2 aliphatic rings. The first-order chi connectivity index (χ1) is 16.1. The quantitative estimate of drug-likeness (QED) is 0.710. The van der Waals surface area contributed by atoms with Gasteiger partial charge in [-0.05, 0) is 44.2 Å². The summed E-state index contributed by atoms with van der Waals surface area (Å²) in [6.45, 7) is 5.24. The Labute approximate surface area is 195 Å². The predicted octanol–water partition coefficient (Wildman–Crippen LogP) is 2.52. The molecule has 1 spiro atoms. The smallest absolute Gasteiger partial charge is 0.256 e. The second-order valence-corrected chi connectivity index (χ2v) is 8.76. The molecule has 3 heterocycles. The summed E-state index contributed by atoms with van der Waals surface area (Å²) in [4.78, 5) is 34.4. The second kappa shape index (κ2) is 10.8. The van der Waals surface area contributed by atoms with Crippen LogP contribution in [0, 0.1) is 0 Å². The van der Waals surface area contributed by atoms with Gasteiger partial charge >= 0.3 is 0 Å². The van der Waals surface area contributed by atoms with E-state index in [4.69, 9.17) is 9.47 Å². The number of amides is 2. The van der Waals surface area contributed by atoms with Gasteiger partial charge in [-0.2, -0.15) is 0 Å². The van der Waals surface area contributed by atoms with Crippen molar-refractivity contribution in [3.8, 4) is 5.75 Å². The van der Waals surface area contributed by atoms with Gasteiger partial charge in [0.2, 0.25) is 5.91 Å². The number of rotatable bonds is 4. The molecule has 2 amide bonds. The predicted molar refractivity (Wildman–Crippen MR) is 124 cm³/mol. The third-order valence-electron chi connectivity index (χ3n) is 6.61. The molecule has 33 heavy (non-hydrogen) atoms. The fourth-order valence-electron chi connectivity index (χ4n) is 4.72. The van der Waals surface area contributed by atoms with Crippen molar-refractivity contribution in [2.24, 2.45) is 0 Å². The Morgan fingerprint density at radius 2 is 2.06 bits per heavy atom. The monoisotopic (exact) mass is 454 g/mol. The van der Waals surface area contributed by atoms with Crippen LogP contribution in [0.2, 0.25) is 0 Å². The second-order valence-electron chi connectivity index (χ2n) is 8.76. The van der Waals surface area contributed by atoms with Crippen molar-refractivity contribution in [2.45, 2.75) is 51.2 Å². The molecule has 8 heteroatoms. The molecule has 1 saturated heterocycles. The molecule has 4 rings (SSSR count). The highest BCUT2D eigenvalue weighted by Gasteiger charge is 2.46. The number of hydrogen-bond acceptors (Lipinski definition) is 5. The van der Waals surface area contributed by atoms with Gasteiger partial charge in [0.15, 0.2) is 5.60 Å². The van der Waals surface area contributed by atoms with E-state index in [0.717, 1.165) is 25.0 Å². The van der Waals surface area contributed by atoms with Gasteiger partial charge in [0.25, 0.3) is 5.91 Å². The van der Waals surface area contributed by atoms with Crippen LogP contribution in [0.4, 0.5) is 0 Å². The van der Waals surface area contributed by atoms with E-state index in [9.17, 15) is 9.59 Å². The minimum absolute atomic E-state index is 0.0328. The Balaban J connectivity index is 1.48. The minimum Gasteiger partial charge on any atom is -0.491 e. The Kier molecular flexibility index (Phi) is 7.65. The summed E-state index contributed by atoms with van der Waals surface area (Å²) in [5.41, 5.74) is 0.208. The van der Waals surface area contributed by atoms with E-state index in [1.807, 2.05) is 45.7 Å². The fraction of sp³-hybridized carbons (Fsp3) is 0.560. The number of nitrogens with zero attached hydrogens (tertiary/aromatic N) is 4. The van der Waals surface area contributed by atoms with Gasteiger partial charge in [0.1, 0.15) is 12.4 Å². The Morgan fingerprint density at radius 1 is 1.18 bits per heavy atom. The maximum absolute atomic E-state index is 13.7. The number of aromatic nitrogens is 2. The number of hydrogen-bond donors (Lipinski definition) is 0. The van der Waals surface area contributed by atoms with Crippen LogP contribution in [0.25, 0.3) is 0 Å². The average molecular weight is 455 g/mol. The third kappa shape index (κ3) is 5.55. The standard InChI is InChI=1S/C25H34N4O4/c1-2-28-15-17-32-22-9-4-3-7-21(22)8-5-6-11-25(24(28)31)19-29(16-18-33-25)23(30)10-13-27-14-12-26-20-27/h3-4,7,9,12,14,20H,2,5-6,8,10-11,13,15-19H2,1H3. The van der Waals surface area contributed by atoms with Crippen molar-refractivity contribution in [3.63, 3.8) is 0 Å². The molecule has 0 saturated carbocycles. The van der Waals surface area contributed by atoms with Crippen LogP contribution in [0.5, 0.6) is 5.75 Å². The van der Waals surface area contributed by atoms with Gasteiger partial charge in [-0.15, -0.1) is 0 Å².